The lowest BCUT2D eigenvalue weighted by molar-refractivity contribution is 0.180. The zero-order valence-corrected chi connectivity index (χ0v) is 14.4. The molecule has 126 valence electrons. The van der Waals surface area contributed by atoms with Crippen LogP contribution < -0.4 is 0 Å². The molecule has 0 saturated carbocycles. The minimum atomic E-state index is -3.62. The number of unbranched alkanes of at least 4 members (excludes halogenated alkanes) is 5. The highest BCUT2D eigenvalue weighted by Gasteiger charge is 2.14. The van der Waals surface area contributed by atoms with Gasteiger partial charge in [-0.05, 0) is 38.8 Å². The van der Waals surface area contributed by atoms with Crippen molar-refractivity contribution in [2.45, 2.75) is 69.8 Å². The topological polar surface area (TPSA) is 63.6 Å². The molecular weight excluding hydrogens is 300 g/mol. The number of benzene rings is 1. The zero-order chi connectivity index (χ0) is 16.4. The summed E-state index contributed by atoms with van der Waals surface area (Å²) in [5.41, 5.74) is 1.02. The molecule has 0 radical (unpaired) electrons. The molecule has 1 atom stereocenters. The van der Waals surface area contributed by atoms with Crippen molar-refractivity contribution >= 4 is 10.1 Å². The van der Waals surface area contributed by atoms with Crippen LogP contribution in [0.2, 0.25) is 0 Å². The van der Waals surface area contributed by atoms with E-state index in [1.807, 2.05) is 13.8 Å². The predicted octanol–water partition coefficient (Wildman–Crippen LogP) is 3.81. The summed E-state index contributed by atoms with van der Waals surface area (Å²) in [7, 11) is -3.62. The first-order valence-electron chi connectivity index (χ1n) is 8.06. The second-order valence-corrected chi connectivity index (χ2v) is 7.46. The molecule has 22 heavy (non-hydrogen) atoms. The van der Waals surface area contributed by atoms with Gasteiger partial charge in [-0.15, -0.1) is 0 Å². The Morgan fingerprint density at radius 1 is 1.00 bits per heavy atom. The molecule has 0 spiro atoms. The lowest BCUT2D eigenvalue weighted by atomic mass is 10.1. The van der Waals surface area contributed by atoms with Gasteiger partial charge in [-0.25, -0.2) is 0 Å². The molecule has 1 aromatic carbocycles. The summed E-state index contributed by atoms with van der Waals surface area (Å²) >= 11 is 0. The zero-order valence-electron chi connectivity index (χ0n) is 13.6. The van der Waals surface area contributed by atoms with Crippen LogP contribution >= 0.6 is 0 Å². The minimum absolute atomic E-state index is 0.208. The highest BCUT2D eigenvalue weighted by Crippen LogP contribution is 2.14. The van der Waals surface area contributed by atoms with Gasteiger partial charge in [0.25, 0.3) is 10.1 Å². The van der Waals surface area contributed by atoms with Crippen LogP contribution in [-0.4, -0.2) is 26.2 Å². The Kier molecular flexibility index (Phi) is 8.68. The lowest BCUT2D eigenvalue weighted by Crippen LogP contribution is -2.07. The number of aliphatic hydroxyl groups is 1. The first kappa shape index (κ1) is 19.1. The smallest absolute Gasteiger partial charge is 0.296 e. The summed E-state index contributed by atoms with van der Waals surface area (Å²) in [5.74, 6) is 0. The number of aliphatic hydroxyl groups excluding tert-OH is 1. The number of hydrogen-bond acceptors (Lipinski definition) is 4. The highest BCUT2D eigenvalue weighted by atomic mass is 32.2. The largest absolute Gasteiger partial charge is 0.393 e. The fourth-order valence-corrected chi connectivity index (χ4v) is 3.13. The van der Waals surface area contributed by atoms with E-state index in [4.69, 9.17) is 9.29 Å². The van der Waals surface area contributed by atoms with E-state index >= 15 is 0 Å². The van der Waals surface area contributed by atoms with Crippen LogP contribution in [0.4, 0.5) is 0 Å². The van der Waals surface area contributed by atoms with Crippen molar-refractivity contribution in [3.8, 4) is 0 Å². The molecule has 0 aromatic heterocycles. The average molecular weight is 328 g/mol. The van der Waals surface area contributed by atoms with Gasteiger partial charge < -0.3 is 5.11 Å². The van der Waals surface area contributed by atoms with Crippen LogP contribution in [0.3, 0.4) is 0 Å². The van der Waals surface area contributed by atoms with Gasteiger partial charge in [-0.3, -0.25) is 4.18 Å². The SMILES string of the molecule is Cc1ccc(S(=O)(=O)OCCCCCCCCC(C)O)cc1. The average Bonchev–Trinajstić information content (AvgIpc) is 2.45. The number of hydrogen-bond donors (Lipinski definition) is 1. The molecule has 0 saturated heterocycles. The van der Waals surface area contributed by atoms with Crippen LogP contribution in [0.5, 0.6) is 0 Å². The molecule has 1 rings (SSSR count). The van der Waals surface area contributed by atoms with E-state index in [1.165, 1.54) is 0 Å². The molecule has 0 aliphatic heterocycles. The van der Waals surface area contributed by atoms with Gasteiger partial charge in [0.15, 0.2) is 0 Å². The summed E-state index contributed by atoms with van der Waals surface area (Å²) in [6.45, 7) is 3.97. The van der Waals surface area contributed by atoms with Gasteiger partial charge in [0.05, 0.1) is 17.6 Å². The maximum absolute atomic E-state index is 11.9. The van der Waals surface area contributed by atoms with E-state index in [0.717, 1.165) is 50.5 Å². The summed E-state index contributed by atoms with van der Waals surface area (Å²) < 4.78 is 28.9. The van der Waals surface area contributed by atoms with Crippen molar-refractivity contribution in [3.63, 3.8) is 0 Å². The third-order valence-corrected chi connectivity index (χ3v) is 4.89. The van der Waals surface area contributed by atoms with Gasteiger partial charge in [0.2, 0.25) is 0 Å². The molecule has 4 nitrogen and oxygen atoms in total. The molecule has 1 aromatic rings. The summed E-state index contributed by atoms with van der Waals surface area (Å²) in [6.07, 6.45) is 6.74. The first-order valence-corrected chi connectivity index (χ1v) is 9.47. The van der Waals surface area contributed by atoms with Gasteiger partial charge in [-0.2, -0.15) is 8.42 Å². The van der Waals surface area contributed by atoms with Gasteiger partial charge in [0.1, 0.15) is 0 Å². The Hall–Kier alpha value is -0.910. The minimum Gasteiger partial charge on any atom is -0.393 e. The maximum Gasteiger partial charge on any atom is 0.296 e. The second-order valence-electron chi connectivity index (χ2n) is 5.85. The van der Waals surface area contributed by atoms with Gasteiger partial charge in [-0.1, -0.05) is 49.8 Å². The van der Waals surface area contributed by atoms with Crippen molar-refractivity contribution in [2.24, 2.45) is 0 Å². The molecule has 0 heterocycles. The number of aryl methyl sites for hydroxylation is 1. The van der Waals surface area contributed by atoms with Gasteiger partial charge in [0, 0.05) is 0 Å². The molecule has 1 unspecified atom stereocenters. The van der Waals surface area contributed by atoms with Crippen molar-refractivity contribution in [1.82, 2.24) is 0 Å². The Labute approximate surface area is 134 Å². The first-order chi connectivity index (χ1) is 10.4. The molecule has 1 N–H and O–H groups in total. The van der Waals surface area contributed by atoms with E-state index < -0.39 is 10.1 Å². The quantitative estimate of drug-likeness (QED) is 0.495. The van der Waals surface area contributed by atoms with Crippen molar-refractivity contribution in [3.05, 3.63) is 29.8 Å². The molecular formula is C17H28O4S. The fourth-order valence-electron chi connectivity index (χ4n) is 2.19. The van der Waals surface area contributed by atoms with Crippen molar-refractivity contribution < 1.29 is 17.7 Å². The van der Waals surface area contributed by atoms with E-state index in [9.17, 15) is 8.42 Å². The van der Waals surface area contributed by atoms with Crippen LogP contribution in [0, 0.1) is 6.92 Å². The molecule has 0 fully saturated rings. The summed E-state index contributed by atoms with van der Waals surface area (Å²) in [6, 6.07) is 6.69. The molecule has 0 aliphatic carbocycles. The molecule has 0 amide bonds. The van der Waals surface area contributed by atoms with Crippen LogP contribution in [0.15, 0.2) is 29.2 Å². The Morgan fingerprint density at radius 2 is 1.55 bits per heavy atom. The molecule has 0 aliphatic rings. The van der Waals surface area contributed by atoms with E-state index in [1.54, 1.807) is 24.3 Å². The molecule has 5 heteroatoms. The van der Waals surface area contributed by atoms with E-state index in [0.29, 0.717) is 0 Å². The van der Waals surface area contributed by atoms with Crippen molar-refractivity contribution in [2.75, 3.05) is 6.61 Å². The van der Waals surface area contributed by atoms with Crippen LogP contribution in [-0.2, 0) is 14.3 Å². The summed E-state index contributed by atoms with van der Waals surface area (Å²) in [4.78, 5) is 0.219. The van der Waals surface area contributed by atoms with E-state index in [-0.39, 0.29) is 17.6 Å². The monoisotopic (exact) mass is 328 g/mol. The van der Waals surface area contributed by atoms with E-state index in [2.05, 4.69) is 0 Å². The predicted molar refractivity (Wildman–Crippen MR) is 88.3 cm³/mol. The normalized spacial score (nSPS) is 13.2. The van der Waals surface area contributed by atoms with Crippen molar-refractivity contribution in [1.29, 1.82) is 0 Å². The Balaban J connectivity index is 2.12. The lowest BCUT2D eigenvalue weighted by Gasteiger charge is -2.06. The third-order valence-electron chi connectivity index (χ3n) is 3.56. The number of rotatable bonds is 11. The Bertz CT molecular complexity index is 506. The van der Waals surface area contributed by atoms with Crippen LogP contribution in [0.25, 0.3) is 0 Å². The van der Waals surface area contributed by atoms with Gasteiger partial charge >= 0.3 is 0 Å². The highest BCUT2D eigenvalue weighted by molar-refractivity contribution is 7.86. The Morgan fingerprint density at radius 3 is 2.14 bits per heavy atom. The maximum atomic E-state index is 11.9. The fraction of sp³-hybridized carbons (Fsp3) is 0.647. The third kappa shape index (κ3) is 7.92. The standard InChI is InChI=1S/C17H28O4S/c1-15-10-12-17(13-11-15)22(19,20)21-14-8-6-4-3-5-7-9-16(2)18/h10-13,16,18H,3-9,14H2,1-2H3. The summed E-state index contributed by atoms with van der Waals surface area (Å²) in [5, 5.41) is 9.14. The molecule has 0 bridgehead atoms. The second kappa shape index (κ2) is 9.98. The van der Waals surface area contributed by atoms with Crippen LogP contribution in [0.1, 0.15) is 57.4 Å².